The first-order valence-corrected chi connectivity index (χ1v) is 5.89. The summed E-state index contributed by atoms with van der Waals surface area (Å²) in [4.78, 5) is 3.86. The van der Waals surface area contributed by atoms with Crippen LogP contribution in [0.2, 0.25) is 0 Å². The Labute approximate surface area is 93.4 Å². The molecule has 0 saturated heterocycles. The van der Waals surface area contributed by atoms with Crippen LogP contribution in [0.1, 0.15) is 6.42 Å². The maximum Gasteiger partial charge on any atom is 0.251 e. The lowest BCUT2D eigenvalue weighted by Crippen LogP contribution is -2.33. The van der Waals surface area contributed by atoms with Crippen molar-refractivity contribution in [2.24, 2.45) is 0 Å². The SMILES string of the molecule is CN(C)CCCN(CCBr)CC(F)F. The molecule has 2 nitrogen and oxygen atoms in total. The summed E-state index contributed by atoms with van der Waals surface area (Å²) in [7, 11) is 3.98. The zero-order valence-corrected chi connectivity index (χ0v) is 10.4. The summed E-state index contributed by atoms with van der Waals surface area (Å²) in [5.74, 6) is 0. The van der Waals surface area contributed by atoms with E-state index >= 15 is 0 Å². The van der Waals surface area contributed by atoms with Crippen LogP contribution in [-0.4, -0.2) is 61.8 Å². The van der Waals surface area contributed by atoms with Gasteiger partial charge in [0.1, 0.15) is 0 Å². The van der Waals surface area contributed by atoms with E-state index in [0.29, 0.717) is 6.54 Å². The second-order valence-corrected chi connectivity index (χ2v) is 4.33. The Morgan fingerprint density at radius 2 is 1.79 bits per heavy atom. The van der Waals surface area contributed by atoms with E-state index < -0.39 is 6.43 Å². The molecule has 0 rings (SSSR count). The monoisotopic (exact) mass is 272 g/mol. The van der Waals surface area contributed by atoms with Gasteiger partial charge in [-0.15, -0.1) is 0 Å². The number of rotatable bonds is 8. The van der Waals surface area contributed by atoms with Crippen molar-refractivity contribution >= 4 is 15.9 Å². The predicted octanol–water partition coefficient (Wildman–Crippen LogP) is 1.90. The molecule has 0 aliphatic carbocycles. The molecule has 0 aromatic heterocycles. The van der Waals surface area contributed by atoms with E-state index in [1.807, 2.05) is 14.1 Å². The molecule has 0 fully saturated rings. The number of alkyl halides is 3. The minimum Gasteiger partial charge on any atom is -0.309 e. The highest BCUT2D eigenvalue weighted by Gasteiger charge is 2.10. The van der Waals surface area contributed by atoms with Gasteiger partial charge in [0.05, 0.1) is 6.54 Å². The largest absolute Gasteiger partial charge is 0.309 e. The van der Waals surface area contributed by atoms with Gasteiger partial charge in [0.15, 0.2) is 0 Å². The van der Waals surface area contributed by atoms with Gasteiger partial charge in [0.25, 0.3) is 6.43 Å². The zero-order valence-electron chi connectivity index (χ0n) is 8.85. The minimum absolute atomic E-state index is 0.112. The molecule has 0 aliphatic heterocycles. The highest BCUT2D eigenvalue weighted by atomic mass is 79.9. The smallest absolute Gasteiger partial charge is 0.251 e. The summed E-state index contributed by atoms with van der Waals surface area (Å²) in [6, 6.07) is 0. The van der Waals surface area contributed by atoms with Gasteiger partial charge in [-0.1, -0.05) is 15.9 Å². The summed E-state index contributed by atoms with van der Waals surface area (Å²) < 4.78 is 24.3. The molecule has 0 amide bonds. The second kappa shape index (κ2) is 8.56. The van der Waals surface area contributed by atoms with Crippen LogP contribution in [0, 0.1) is 0 Å². The Kier molecular flexibility index (Phi) is 8.72. The molecule has 0 saturated carbocycles. The number of hydrogen-bond acceptors (Lipinski definition) is 2. The topological polar surface area (TPSA) is 6.48 Å². The highest BCUT2D eigenvalue weighted by molar-refractivity contribution is 9.09. The molecule has 86 valence electrons. The van der Waals surface area contributed by atoms with Crippen molar-refractivity contribution in [3.8, 4) is 0 Å². The van der Waals surface area contributed by atoms with Crippen LogP contribution in [0.4, 0.5) is 8.78 Å². The van der Waals surface area contributed by atoms with Gasteiger partial charge in [-0.3, -0.25) is 4.90 Å². The van der Waals surface area contributed by atoms with Crippen molar-refractivity contribution in [2.75, 3.05) is 45.6 Å². The van der Waals surface area contributed by atoms with E-state index in [1.165, 1.54) is 0 Å². The van der Waals surface area contributed by atoms with E-state index in [0.717, 1.165) is 24.8 Å². The van der Waals surface area contributed by atoms with Gasteiger partial charge in [-0.25, -0.2) is 8.78 Å². The molecule has 0 N–H and O–H groups in total. The van der Waals surface area contributed by atoms with Crippen LogP contribution in [0.25, 0.3) is 0 Å². The molecule has 0 bridgehead atoms. The van der Waals surface area contributed by atoms with Crippen molar-refractivity contribution in [2.45, 2.75) is 12.8 Å². The highest BCUT2D eigenvalue weighted by Crippen LogP contribution is 2.01. The van der Waals surface area contributed by atoms with Gasteiger partial charge in [0, 0.05) is 11.9 Å². The number of nitrogens with zero attached hydrogens (tertiary/aromatic N) is 2. The fourth-order valence-corrected chi connectivity index (χ4v) is 1.72. The third kappa shape index (κ3) is 8.84. The molecular weight excluding hydrogens is 254 g/mol. The Balaban J connectivity index is 3.61. The summed E-state index contributed by atoms with van der Waals surface area (Å²) in [5, 5.41) is 0.752. The standard InChI is InChI=1S/C9H19BrF2N2/c1-13(2)5-3-6-14(7-4-10)8-9(11)12/h9H,3-8H2,1-2H3. The van der Waals surface area contributed by atoms with Crippen LogP contribution >= 0.6 is 15.9 Å². The summed E-state index contributed by atoms with van der Waals surface area (Å²) in [6.45, 7) is 2.27. The maximum absolute atomic E-state index is 12.1. The van der Waals surface area contributed by atoms with Gasteiger partial charge in [-0.05, 0) is 33.6 Å². The number of halogens is 3. The fraction of sp³-hybridized carbons (Fsp3) is 1.00. The van der Waals surface area contributed by atoms with E-state index in [-0.39, 0.29) is 6.54 Å². The quantitative estimate of drug-likeness (QED) is 0.623. The normalized spacial score (nSPS) is 12.0. The molecule has 0 unspecified atom stereocenters. The average molecular weight is 273 g/mol. The van der Waals surface area contributed by atoms with Crippen molar-refractivity contribution in [1.82, 2.24) is 9.80 Å². The van der Waals surface area contributed by atoms with E-state index in [4.69, 9.17) is 0 Å². The number of hydrogen-bond donors (Lipinski definition) is 0. The molecule has 5 heteroatoms. The summed E-state index contributed by atoms with van der Waals surface area (Å²) in [6.07, 6.45) is -1.29. The summed E-state index contributed by atoms with van der Waals surface area (Å²) in [5.41, 5.74) is 0. The van der Waals surface area contributed by atoms with Crippen LogP contribution in [0.3, 0.4) is 0 Å². The van der Waals surface area contributed by atoms with Gasteiger partial charge in [-0.2, -0.15) is 0 Å². The molecule has 0 radical (unpaired) electrons. The van der Waals surface area contributed by atoms with Crippen molar-refractivity contribution in [3.05, 3.63) is 0 Å². The lowest BCUT2D eigenvalue weighted by molar-refractivity contribution is 0.0898. The second-order valence-electron chi connectivity index (χ2n) is 3.54. The molecule has 0 aromatic rings. The third-order valence-corrected chi connectivity index (χ3v) is 2.23. The molecular formula is C9H19BrF2N2. The minimum atomic E-state index is -2.23. The Morgan fingerprint density at radius 1 is 1.14 bits per heavy atom. The maximum atomic E-state index is 12.1. The van der Waals surface area contributed by atoms with Gasteiger partial charge in [0.2, 0.25) is 0 Å². The Bertz CT molecular complexity index is 134. The van der Waals surface area contributed by atoms with Crippen LogP contribution in [0.15, 0.2) is 0 Å². The molecule has 0 atom stereocenters. The summed E-state index contributed by atoms with van der Waals surface area (Å²) >= 11 is 3.26. The van der Waals surface area contributed by atoms with Crippen LogP contribution in [0.5, 0.6) is 0 Å². The Hall–Kier alpha value is 0.260. The van der Waals surface area contributed by atoms with Gasteiger partial charge >= 0.3 is 0 Å². The Morgan fingerprint density at radius 3 is 2.21 bits per heavy atom. The average Bonchev–Trinajstić information content (AvgIpc) is 2.02. The van der Waals surface area contributed by atoms with Crippen molar-refractivity contribution < 1.29 is 8.78 Å². The lowest BCUT2D eigenvalue weighted by atomic mass is 10.3. The zero-order chi connectivity index (χ0) is 11.0. The van der Waals surface area contributed by atoms with Crippen molar-refractivity contribution in [1.29, 1.82) is 0 Å². The fourth-order valence-electron chi connectivity index (χ4n) is 1.22. The van der Waals surface area contributed by atoms with Crippen LogP contribution in [-0.2, 0) is 0 Å². The predicted molar refractivity (Wildman–Crippen MR) is 59.4 cm³/mol. The van der Waals surface area contributed by atoms with Crippen molar-refractivity contribution in [3.63, 3.8) is 0 Å². The molecule has 0 aromatic carbocycles. The molecule has 14 heavy (non-hydrogen) atoms. The first kappa shape index (κ1) is 14.3. The van der Waals surface area contributed by atoms with E-state index in [2.05, 4.69) is 20.8 Å². The molecule has 0 spiro atoms. The first-order chi connectivity index (χ1) is 6.56. The van der Waals surface area contributed by atoms with E-state index in [1.54, 1.807) is 4.90 Å². The molecule has 0 aliphatic rings. The van der Waals surface area contributed by atoms with Crippen LogP contribution < -0.4 is 0 Å². The molecule has 0 heterocycles. The third-order valence-electron chi connectivity index (χ3n) is 1.88. The lowest BCUT2D eigenvalue weighted by Gasteiger charge is -2.21. The first-order valence-electron chi connectivity index (χ1n) is 4.77. The van der Waals surface area contributed by atoms with E-state index in [9.17, 15) is 8.78 Å². The van der Waals surface area contributed by atoms with Gasteiger partial charge < -0.3 is 4.90 Å².